The molecule has 0 bridgehead atoms. The van der Waals surface area contributed by atoms with E-state index < -0.39 is 0 Å². The van der Waals surface area contributed by atoms with Gasteiger partial charge < -0.3 is 15.3 Å². The molecule has 1 aliphatic heterocycles. The molecule has 3 rings (SSSR count). The molecule has 1 atom stereocenters. The minimum Gasteiger partial charge on any atom is -0.394 e. The Morgan fingerprint density at radius 3 is 3.05 bits per heavy atom. The van der Waals surface area contributed by atoms with Crippen LogP contribution in [0.4, 0.5) is 10.5 Å². The van der Waals surface area contributed by atoms with Crippen molar-refractivity contribution in [3.8, 4) is 5.82 Å². The first kappa shape index (κ1) is 13.5. The summed E-state index contributed by atoms with van der Waals surface area (Å²) in [5, 5.41) is 16.0. The molecule has 0 unspecified atom stereocenters. The number of aliphatic hydroxyl groups is 1. The Hall–Kier alpha value is -2.48. The summed E-state index contributed by atoms with van der Waals surface area (Å²) in [5.41, 5.74) is 0.604. The Morgan fingerprint density at radius 2 is 2.38 bits per heavy atom. The van der Waals surface area contributed by atoms with Crippen LogP contribution in [0.5, 0.6) is 0 Å². The van der Waals surface area contributed by atoms with Gasteiger partial charge in [-0.25, -0.2) is 19.4 Å². The fourth-order valence-electron chi connectivity index (χ4n) is 2.41. The highest BCUT2D eigenvalue weighted by Crippen LogP contribution is 2.18. The average molecular weight is 288 g/mol. The van der Waals surface area contributed by atoms with Crippen LogP contribution in [0.15, 0.2) is 31.0 Å². The van der Waals surface area contributed by atoms with Gasteiger partial charge in [-0.3, -0.25) is 0 Å². The third-order valence-corrected chi connectivity index (χ3v) is 3.50. The molecule has 8 heteroatoms. The Balaban J connectivity index is 1.66. The first-order valence-corrected chi connectivity index (χ1v) is 6.77. The number of carbonyl (C=O) groups is 1. The van der Waals surface area contributed by atoms with E-state index in [2.05, 4.69) is 20.4 Å². The summed E-state index contributed by atoms with van der Waals surface area (Å²) < 4.78 is 1.54. The number of hydrogen-bond donors (Lipinski definition) is 2. The van der Waals surface area contributed by atoms with E-state index in [-0.39, 0.29) is 18.7 Å². The molecule has 0 aliphatic carbocycles. The molecule has 21 heavy (non-hydrogen) atoms. The van der Waals surface area contributed by atoms with Crippen molar-refractivity contribution in [3.63, 3.8) is 0 Å². The van der Waals surface area contributed by atoms with Crippen molar-refractivity contribution in [2.45, 2.75) is 18.9 Å². The van der Waals surface area contributed by atoms with Crippen LogP contribution in [0.2, 0.25) is 0 Å². The molecule has 2 N–H and O–H groups in total. The van der Waals surface area contributed by atoms with Crippen LogP contribution < -0.4 is 5.32 Å². The molecule has 1 aliphatic rings. The summed E-state index contributed by atoms with van der Waals surface area (Å²) in [6.45, 7) is 0.665. The van der Waals surface area contributed by atoms with E-state index in [1.165, 1.54) is 11.0 Å². The number of nitrogens with zero attached hydrogens (tertiary/aromatic N) is 5. The number of urea groups is 1. The topological polar surface area (TPSA) is 96.2 Å². The largest absolute Gasteiger partial charge is 0.394 e. The SMILES string of the molecule is O=C(Nc1ccc(-n2cncn2)nc1)N1CCC[C@H]1CO. The molecule has 2 aromatic heterocycles. The van der Waals surface area contributed by atoms with Crippen LogP contribution in [0.25, 0.3) is 5.82 Å². The summed E-state index contributed by atoms with van der Waals surface area (Å²) in [7, 11) is 0. The van der Waals surface area contributed by atoms with E-state index in [9.17, 15) is 9.90 Å². The van der Waals surface area contributed by atoms with Gasteiger partial charge in [0.25, 0.3) is 0 Å². The van der Waals surface area contributed by atoms with Crippen LogP contribution in [-0.2, 0) is 0 Å². The van der Waals surface area contributed by atoms with Crippen molar-refractivity contribution >= 4 is 11.7 Å². The van der Waals surface area contributed by atoms with Crippen LogP contribution >= 0.6 is 0 Å². The molecule has 0 aromatic carbocycles. The second-order valence-electron chi connectivity index (χ2n) is 4.85. The molecular formula is C13H16N6O2. The summed E-state index contributed by atoms with van der Waals surface area (Å²) in [5.74, 6) is 0.625. The maximum absolute atomic E-state index is 12.1. The number of aliphatic hydroxyl groups excluding tert-OH is 1. The summed E-state index contributed by atoms with van der Waals surface area (Å²) in [4.78, 5) is 21.9. The zero-order valence-electron chi connectivity index (χ0n) is 11.4. The number of hydrogen-bond acceptors (Lipinski definition) is 5. The van der Waals surface area contributed by atoms with Crippen molar-refractivity contribution in [2.24, 2.45) is 0 Å². The molecule has 0 saturated carbocycles. The fourth-order valence-corrected chi connectivity index (χ4v) is 2.41. The lowest BCUT2D eigenvalue weighted by molar-refractivity contribution is 0.166. The number of rotatable bonds is 3. The maximum Gasteiger partial charge on any atom is 0.322 e. The normalized spacial score (nSPS) is 18.0. The highest BCUT2D eigenvalue weighted by Gasteiger charge is 2.27. The second kappa shape index (κ2) is 5.88. The molecule has 8 nitrogen and oxygen atoms in total. The smallest absolute Gasteiger partial charge is 0.322 e. The van der Waals surface area contributed by atoms with Gasteiger partial charge in [-0.2, -0.15) is 5.10 Å². The second-order valence-corrected chi connectivity index (χ2v) is 4.85. The molecule has 2 aromatic rings. The average Bonchev–Trinajstić information content (AvgIpc) is 3.19. The van der Waals surface area contributed by atoms with E-state index in [0.717, 1.165) is 12.8 Å². The number of amides is 2. The third-order valence-electron chi connectivity index (χ3n) is 3.50. The molecule has 110 valence electrons. The summed E-state index contributed by atoms with van der Waals surface area (Å²) >= 11 is 0. The quantitative estimate of drug-likeness (QED) is 0.864. The van der Waals surface area contributed by atoms with E-state index in [4.69, 9.17) is 0 Å². The van der Waals surface area contributed by atoms with Crippen molar-refractivity contribution in [1.82, 2.24) is 24.6 Å². The number of likely N-dealkylation sites (tertiary alicyclic amines) is 1. The summed E-state index contributed by atoms with van der Waals surface area (Å²) in [6.07, 6.45) is 6.31. The van der Waals surface area contributed by atoms with Gasteiger partial charge in [0, 0.05) is 6.54 Å². The van der Waals surface area contributed by atoms with Gasteiger partial charge in [0.15, 0.2) is 5.82 Å². The van der Waals surface area contributed by atoms with Crippen LogP contribution in [0.1, 0.15) is 12.8 Å². The molecular weight excluding hydrogens is 272 g/mol. The highest BCUT2D eigenvalue weighted by molar-refractivity contribution is 5.89. The van der Waals surface area contributed by atoms with E-state index >= 15 is 0 Å². The minimum absolute atomic E-state index is 0.00307. The fraction of sp³-hybridized carbons (Fsp3) is 0.385. The maximum atomic E-state index is 12.1. The van der Waals surface area contributed by atoms with Gasteiger partial charge in [0.1, 0.15) is 12.7 Å². The van der Waals surface area contributed by atoms with Gasteiger partial charge in [0.2, 0.25) is 0 Å². The molecule has 0 radical (unpaired) electrons. The van der Waals surface area contributed by atoms with Gasteiger partial charge in [-0.15, -0.1) is 0 Å². The number of aromatic nitrogens is 4. The molecule has 3 heterocycles. The van der Waals surface area contributed by atoms with Gasteiger partial charge in [-0.05, 0) is 25.0 Å². The van der Waals surface area contributed by atoms with Gasteiger partial charge >= 0.3 is 6.03 Å². The molecule has 1 fully saturated rings. The Bertz CT molecular complexity index is 598. The Morgan fingerprint density at radius 1 is 1.48 bits per heavy atom. The zero-order chi connectivity index (χ0) is 14.7. The summed E-state index contributed by atoms with van der Waals surface area (Å²) in [6, 6.07) is 3.21. The predicted molar refractivity (Wildman–Crippen MR) is 75.0 cm³/mol. The van der Waals surface area contributed by atoms with Crippen LogP contribution in [0, 0.1) is 0 Å². The lowest BCUT2D eigenvalue weighted by atomic mass is 10.2. The van der Waals surface area contributed by atoms with Crippen molar-refractivity contribution < 1.29 is 9.90 Å². The number of pyridine rings is 1. The first-order valence-electron chi connectivity index (χ1n) is 6.77. The van der Waals surface area contributed by atoms with Crippen molar-refractivity contribution in [1.29, 1.82) is 0 Å². The Kier molecular flexibility index (Phi) is 3.78. The zero-order valence-corrected chi connectivity index (χ0v) is 11.4. The minimum atomic E-state index is -0.207. The number of nitrogens with one attached hydrogen (secondary N) is 1. The highest BCUT2D eigenvalue weighted by atomic mass is 16.3. The van der Waals surface area contributed by atoms with Crippen molar-refractivity contribution in [3.05, 3.63) is 31.0 Å². The molecule has 1 saturated heterocycles. The van der Waals surface area contributed by atoms with Crippen LogP contribution in [0.3, 0.4) is 0 Å². The van der Waals surface area contributed by atoms with Gasteiger partial charge in [0.05, 0.1) is 24.5 Å². The van der Waals surface area contributed by atoms with E-state index in [1.807, 2.05) is 0 Å². The third kappa shape index (κ3) is 2.84. The Labute approximate surface area is 121 Å². The number of carbonyl (C=O) groups excluding carboxylic acids is 1. The van der Waals surface area contributed by atoms with E-state index in [0.29, 0.717) is 18.1 Å². The first-order chi connectivity index (χ1) is 10.3. The monoisotopic (exact) mass is 288 g/mol. The van der Waals surface area contributed by atoms with Gasteiger partial charge in [-0.1, -0.05) is 0 Å². The standard InChI is InChI=1S/C13H16N6O2/c20-7-11-2-1-5-18(11)13(21)17-10-3-4-12(15-6-10)19-9-14-8-16-19/h3-4,6,8-9,11,20H,1-2,5,7H2,(H,17,21)/t11-/m0/s1. The molecule has 2 amide bonds. The van der Waals surface area contributed by atoms with Crippen LogP contribution in [-0.4, -0.2) is 55.0 Å². The lowest BCUT2D eigenvalue weighted by Crippen LogP contribution is -2.40. The molecule has 0 spiro atoms. The predicted octanol–water partition coefficient (Wildman–Crippen LogP) is 0.651. The number of anilines is 1. The van der Waals surface area contributed by atoms with Crippen molar-refractivity contribution in [2.75, 3.05) is 18.5 Å². The van der Waals surface area contributed by atoms with E-state index in [1.54, 1.807) is 29.6 Å². The lowest BCUT2D eigenvalue weighted by Gasteiger charge is -2.23.